The Balaban J connectivity index is 2.35. The van der Waals surface area contributed by atoms with E-state index in [1.807, 2.05) is 32.0 Å². The van der Waals surface area contributed by atoms with Gasteiger partial charge in [-0.25, -0.2) is 0 Å². The molecule has 0 atom stereocenters. The van der Waals surface area contributed by atoms with Gasteiger partial charge in [-0.2, -0.15) is 0 Å². The largest absolute Gasteiger partial charge is 0.390 e. The second-order valence-corrected chi connectivity index (χ2v) is 6.13. The van der Waals surface area contributed by atoms with Crippen molar-refractivity contribution in [3.63, 3.8) is 0 Å². The van der Waals surface area contributed by atoms with Crippen LogP contribution in [0.4, 0.5) is 0 Å². The zero-order valence-electron chi connectivity index (χ0n) is 12.1. The summed E-state index contributed by atoms with van der Waals surface area (Å²) in [6.07, 6.45) is 0. The lowest BCUT2D eigenvalue weighted by Gasteiger charge is -2.37. The molecule has 0 unspecified atom stereocenters. The van der Waals surface area contributed by atoms with Crippen LogP contribution in [0.1, 0.15) is 33.3 Å². The van der Waals surface area contributed by atoms with Crippen molar-refractivity contribution in [1.29, 1.82) is 0 Å². The Kier molecular flexibility index (Phi) is 3.51. The first-order chi connectivity index (χ1) is 8.82. The van der Waals surface area contributed by atoms with Crippen LogP contribution in [0, 0.1) is 0 Å². The minimum atomic E-state index is -0.749. The fraction of sp³-hybridized carbons (Fsp3) is 0.333. The van der Waals surface area contributed by atoms with Crippen LogP contribution in [-0.2, 0) is 5.41 Å². The number of hydrogen-bond donors (Lipinski definition) is 1. The summed E-state index contributed by atoms with van der Waals surface area (Å²) in [6.45, 7) is 7.87. The molecule has 2 aromatic rings. The van der Waals surface area contributed by atoms with Gasteiger partial charge in [-0.1, -0.05) is 68.4 Å². The predicted molar refractivity (Wildman–Crippen MR) is 81.2 cm³/mol. The lowest BCUT2D eigenvalue weighted by molar-refractivity contribution is 0.00964. The maximum atomic E-state index is 10.3. The van der Waals surface area contributed by atoms with Gasteiger partial charge in [0.15, 0.2) is 0 Å². The molecule has 0 spiro atoms. The Labute approximate surface area is 115 Å². The molecular weight excluding hydrogens is 232 g/mol. The van der Waals surface area contributed by atoms with E-state index in [9.17, 15) is 5.11 Å². The molecule has 0 aliphatic rings. The van der Waals surface area contributed by atoms with Gasteiger partial charge in [0.25, 0.3) is 0 Å². The van der Waals surface area contributed by atoms with Gasteiger partial charge in [0, 0.05) is 5.41 Å². The van der Waals surface area contributed by atoms with E-state index in [2.05, 4.69) is 50.2 Å². The summed E-state index contributed by atoms with van der Waals surface area (Å²) in [5.74, 6) is 0. The van der Waals surface area contributed by atoms with E-state index in [4.69, 9.17) is 0 Å². The summed E-state index contributed by atoms with van der Waals surface area (Å²) in [4.78, 5) is 0. The molecule has 0 fully saturated rings. The van der Waals surface area contributed by atoms with Crippen molar-refractivity contribution in [2.45, 2.75) is 38.7 Å². The first kappa shape index (κ1) is 13.8. The van der Waals surface area contributed by atoms with E-state index in [1.54, 1.807) is 0 Å². The summed E-state index contributed by atoms with van der Waals surface area (Å²) in [5, 5.41) is 10.3. The van der Waals surface area contributed by atoms with Gasteiger partial charge in [0.2, 0.25) is 0 Å². The van der Waals surface area contributed by atoms with Crippen LogP contribution in [0.2, 0.25) is 0 Å². The first-order valence-electron chi connectivity index (χ1n) is 6.71. The van der Waals surface area contributed by atoms with E-state index < -0.39 is 5.60 Å². The third kappa shape index (κ3) is 2.71. The maximum absolute atomic E-state index is 10.3. The van der Waals surface area contributed by atoms with Gasteiger partial charge in [-0.05, 0) is 30.5 Å². The molecule has 0 radical (unpaired) electrons. The quantitative estimate of drug-likeness (QED) is 0.860. The minimum absolute atomic E-state index is 0.276. The zero-order valence-corrected chi connectivity index (χ0v) is 12.1. The maximum Gasteiger partial charge on any atom is 0.0682 e. The zero-order chi connectivity index (χ0) is 14.1. The average Bonchev–Trinajstić information content (AvgIpc) is 2.39. The van der Waals surface area contributed by atoms with Crippen LogP contribution in [0.5, 0.6) is 0 Å². The Hall–Kier alpha value is -1.60. The number of aliphatic hydroxyl groups is 1. The molecule has 0 saturated carbocycles. The molecule has 0 aliphatic heterocycles. The van der Waals surface area contributed by atoms with Crippen LogP contribution in [0.25, 0.3) is 11.1 Å². The van der Waals surface area contributed by atoms with Gasteiger partial charge < -0.3 is 5.11 Å². The molecule has 100 valence electrons. The summed E-state index contributed by atoms with van der Waals surface area (Å²) in [5.41, 5.74) is 2.55. The highest BCUT2D eigenvalue weighted by Crippen LogP contribution is 2.35. The molecule has 2 aromatic carbocycles. The molecule has 2 rings (SSSR count). The van der Waals surface area contributed by atoms with E-state index in [-0.39, 0.29) is 5.41 Å². The lowest BCUT2D eigenvalue weighted by Crippen LogP contribution is -2.42. The van der Waals surface area contributed by atoms with Gasteiger partial charge in [0.1, 0.15) is 0 Å². The highest BCUT2D eigenvalue weighted by Gasteiger charge is 2.36. The van der Waals surface area contributed by atoms with Crippen LogP contribution in [0.15, 0.2) is 54.6 Å². The van der Waals surface area contributed by atoms with Crippen molar-refractivity contribution in [3.05, 3.63) is 60.2 Å². The second kappa shape index (κ2) is 4.82. The minimum Gasteiger partial charge on any atom is -0.390 e. The molecule has 0 aromatic heterocycles. The van der Waals surface area contributed by atoms with Gasteiger partial charge in [-0.15, -0.1) is 0 Å². The Bertz CT molecular complexity index is 530. The van der Waals surface area contributed by atoms with Crippen LogP contribution < -0.4 is 0 Å². The number of hydrogen-bond acceptors (Lipinski definition) is 1. The average molecular weight is 254 g/mol. The van der Waals surface area contributed by atoms with Crippen LogP contribution >= 0.6 is 0 Å². The molecule has 0 saturated heterocycles. The first-order valence-corrected chi connectivity index (χ1v) is 6.71. The van der Waals surface area contributed by atoms with Gasteiger partial charge in [-0.3, -0.25) is 0 Å². The SMILES string of the molecule is CC(C)(O)C(C)(C)c1ccc(-c2ccccc2)cc1. The standard InChI is InChI=1S/C18H22O/c1-17(2,18(3,4)19)16-12-10-15(11-13-16)14-8-6-5-7-9-14/h5-13,19H,1-4H3. The lowest BCUT2D eigenvalue weighted by atomic mass is 9.72. The number of rotatable bonds is 3. The smallest absolute Gasteiger partial charge is 0.0682 e. The summed E-state index contributed by atoms with van der Waals surface area (Å²) in [6, 6.07) is 18.8. The second-order valence-electron chi connectivity index (χ2n) is 6.13. The van der Waals surface area contributed by atoms with E-state index in [1.165, 1.54) is 11.1 Å². The molecule has 1 nitrogen and oxygen atoms in total. The fourth-order valence-corrected chi connectivity index (χ4v) is 2.06. The van der Waals surface area contributed by atoms with Gasteiger partial charge in [0.05, 0.1) is 5.60 Å². The van der Waals surface area contributed by atoms with Crippen molar-refractivity contribution in [2.75, 3.05) is 0 Å². The van der Waals surface area contributed by atoms with Crippen molar-refractivity contribution >= 4 is 0 Å². The number of benzene rings is 2. The summed E-state index contributed by atoms with van der Waals surface area (Å²) in [7, 11) is 0. The summed E-state index contributed by atoms with van der Waals surface area (Å²) >= 11 is 0. The van der Waals surface area contributed by atoms with Crippen LogP contribution in [0.3, 0.4) is 0 Å². The van der Waals surface area contributed by atoms with Crippen LogP contribution in [-0.4, -0.2) is 10.7 Å². The Morgan fingerprint density at radius 3 is 1.63 bits per heavy atom. The van der Waals surface area contributed by atoms with E-state index in [0.29, 0.717) is 0 Å². The topological polar surface area (TPSA) is 20.2 Å². The molecule has 1 N–H and O–H groups in total. The highest BCUT2D eigenvalue weighted by molar-refractivity contribution is 5.63. The Morgan fingerprint density at radius 2 is 1.16 bits per heavy atom. The molecule has 19 heavy (non-hydrogen) atoms. The van der Waals surface area contributed by atoms with Gasteiger partial charge >= 0.3 is 0 Å². The van der Waals surface area contributed by atoms with E-state index >= 15 is 0 Å². The monoisotopic (exact) mass is 254 g/mol. The predicted octanol–water partition coefficient (Wildman–Crippen LogP) is 4.40. The normalized spacial score (nSPS) is 12.5. The third-order valence-electron chi connectivity index (χ3n) is 4.24. The molecule has 1 heteroatoms. The van der Waals surface area contributed by atoms with E-state index in [0.717, 1.165) is 5.56 Å². The molecular formula is C18H22O. The fourth-order valence-electron chi connectivity index (χ4n) is 2.06. The van der Waals surface area contributed by atoms with Crippen molar-refractivity contribution < 1.29 is 5.11 Å². The molecule has 0 aliphatic carbocycles. The van der Waals surface area contributed by atoms with Crippen molar-refractivity contribution in [1.82, 2.24) is 0 Å². The molecule has 0 amide bonds. The highest BCUT2D eigenvalue weighted by atomic mass is 16.3. The van der Waals surface area contributed by atoms with Crippen molar-refractivity contribution in [2.24, 2.45) is 0 Å². The Morgan fingerprint density at radius 1 is 0.684 bits per heavy atom. The summed E-state index contributed by atoms with van der Waals surface area (Å²) < 4.78 is 0. The molecule has 0 heterocycles. The van der Waals surface area contributed by atoms with Crippen molar-refractivity contribution in [3.8, 4) is 11.1 Å². The third-order valence-corrected chi connectivity index (χ3v) is 4.24. The molecule has 0 bridgehead atoms.